The summed E-state index contributed by atoms with van der Waals surface area (Å²) in [7, 11) is 0. The number of carbonyl (C=O) groups excluding carboxylic acids is 1. The van der Waals surface area contributed by atoms with Crippen LogP contribution in [0.4, 0.5) is 11.4 Å². The van der Waals surface area contributed by atoms with Crippen molar-refractivity contribution in [2.24, 2.45) is 0 Å². The van der Waals surface area contributed by atoms with Crippen molar-refractivity contribution in [3.8, 4) is 0 Å². The fraction of sp³-hybridized carbons (Fsp3) is 0.188. The molecule has 2 aromatic rings. The van der Waals surface area contributed by atoms with E-state index in [9.17, 15) is 4.79 Å². The highest BCUT2D eigenvalue weighted by molar-refractivity contribution is 6.07. The molecule has 0 spiro atoms. The Labute approximate surface area is 112 Å². The minimum absolute atomic E-state index is 0.156. The van der Waals surface area contributed by atoms with Gasteiger partial charge in [0.1, 0.15) is 0 Å². The molecule has 0 unspecified atom stereocenters. The van der Waals surface area contributed by atoms with Crippen LogP contribution < -0.4 is 11.1 Å². The van der Waals surface area contributed by atoms with E-state index in [4.69, 9.17) is 5.73 Å². The number of rotatable bonds is 2. The molecule has 1 aliphatic carbocycles. The molecule has 3 heteroatoms. The zero-order valence-corrected chi connectivity index (χ0v) is 10.6. The summed E-state index contributed by atoms with van der Waals surface area (Å²) in [5.74, 6) is -0.156. The first-order valence-electron chi connectivity index (χ1n) is 6.52. The maximum absolute atomic E-state index is 12.1. The molecule has 1 amide bonds. The van der Waals surface area contributed by atoms with E-state index >= 15 is 0 Å². The van der Waals surface area contributed by atoms with Gasteiger partial charge in [-0.3, -0.25) is 4.79 Å². The van der Waals surface area contributed by atoms with Gasteiger partial charge in [-0.15, -0.1) is 0 Å². The molecule has 3 rings (SSSR count). The molecule has 96 valence electrons. The van der Waals surface area contributed by atoms with Crippen molar-refractivity contribution >= 4 is 17.3 Å². The number of benzene rings is 2. The van der Waals surface area contributed by atoms with E-state index in [1.807, 2.05) is 18.2 Å². The van der Waals surface area contributed by atoms with Crippen molar-refractivity contribution in [3.63, 3.8) is 0 Å². The van der Waals surface area contributed by atoms with Gasteiger partial charge >= 0.3 is 0 Å². The summed E-state index contributed by atoms with van der Waals surface area (Å²) in [6.45, 7) is 0. The monoisotopic (exact) mass is 252 g/mol. The summed E-state index contributed by atoms with van der Waals surface area (Å²) in [4.78, 5) is 12.1. The second-order valence-corrected chi connectivity index (χ2v) is 4.88. The van der Waals surface area contributed by atoms with Crippen molar-refractivity contribution in [2.75, 3.05) is 11.1 Å². The molecule has 2 aromatic carbocycles. The molecular weight excluding hydrogens is 236 g/mol. The van der Waals surface area contributed by atoms with E-state index in [0.717, 1.165) is 18.5 Å². The Bertz CT molecular complexity index is 634. The first kappa shape index (κ1) is 11.8. The van der Waals surface area contributed by atoms with Gasteiger partial charge in [0.05, 0.1) is 5.56 Å². The predicted molar refractivity (Wildman–Crippen MR) is 77.3 cm³/mol. The quantitative estimate of drug-likeness (QED) is 0.807. The lowest BCUT2D eigenvalue weighted by molar-refractivity contribution is 0.102. The number of hydrogen-bond donors (Lipinski definition) is 2. The largest absolute Gasteiger partial charge is 0.398 e. The maximum atomic E-state index is 12.1. The lowest BCUT2D eigenvalue weighted by Gasteiger charge is -2.09. The number of carbonyl (C=O) groups is 1. The van der Waals surface area contributed by atoms with Crippen LogP contribution >= 0.6 is 0 Å². The van der Waals surface area contributed by atoms with Crippen molar-refractivity contribution < 1.29 is 4.79 Å². The minimum Gasteiger partial charge on any atom is -0.398 e. The SMILES string of the molecule is Nc1ccccc1C(=O)Nc1ccc2c(c1)CCC2. The number of hydrogen-bond acceptors (Lipinski definition) is 2. The van der Waals surface area contributed by atoms with Gasteiger partial charge in [-0.25, -0.2) is 0 Å². The Morgan fingerprint density at radius 3 is 2.68 bits per heavy atom. The van der Waals surface area contributed by atoms with E-state index in [2.05, 4.69) is 17.4 Å². The third-order valence-electron chi connectivity index (χ3n) is 3.56. The normalized spacial score (nSPS) is 13.1. The topological polar surface area (TPSA) is 55.1 Å². The van der Waals surface area contributed by atoms with E-state index in [1.165, 1.54) is 17.5 Å². The first-order valence-corrected chi connectivity index (χ1v) is 6.52. The summed E-state index contributed by atoms with van der Waals surface area (Å²) < 4.78 is 0. The molecule has 1 aliphatic rings. The number of nitrogen functional groups attached to an aromatic ring is 1. The third-order valence-corrected chi connectivity index (χ3v) is 3.56. The average molecular weight is 252 g/mol. The molecular formula is C16H16N2O. The number of anilines is 2. The molecule has 3 nitrogen and oxygen atoms in total. The molecule has 19 heavy (non-hydrogen) atoms. The van der Waals surface area contributed by atoms with Gasteiger partial charge in [0.25, 0.3) is 5.91 Å². The summed E-state index contributed by atoms with van der Waals surface area (Å²) in [5.41, 5.74) is 10.4. The van der Waals surface area contributed by atoms with Crippen LogP contribution in [0.1, 0.15) is 27.9 Å². The summed E-state index contributed by atoms with van der Waals surface area (Å²) >= 11 is 0. The maximum Gasteiger partial charge on any atom is 0.257 e. The van der Waals surface area contributed by atoms with Crippen LogP contribution in [0.25, 0.3) is 0 Å². The Hall–Kier alpha value is -2.29. The first-order chi connectivity index (χ1) is 9.24. The van der Waals surface area contributed by atoms with Crippen molar-refractivity contribution in [3.05, 3.63) is 59.2 Å². The van der Waals surface area contributed by atoms with Crippen molar-refractivity contribution in [2.45, 2.75) is 19.3 Å². The standard InChI is InChI=1S/C16H16N2O/c17-15-7-2-1-6-14(15)16(19)18-13-9-8-11-4-3-5-12(11)10-13/h1-2,6-10H,3-5,17H2,(H,18,19). The highest BCUT2D eigenvalue weighted by Crippen LogP contribution is 2.25. The van der Waals surface area contributed by atoms with Gasteiger partial charge in [-0.2, -0.15) is 0 Å². The van der Waals surface area contributed by atoms with Gasteiger partial charge in [-0.1, -0.05) is 18.2 Å². The second kappa shape index (κ2) is 4.76. The van der Waals surface area contributed by atoms with E-state index in [-0.39, 0.29) is 5.91 Å². The van der Waals surface area contributed by atoms with Crippen LogP contribution in [0.2, 0.25) is 0 Å². The van der Waals surface area contributed by atoms with Gasteiger partial charge in [0, 0.05) is 11.4 Å². The Morgan fingerprint density at radius 2 is 1.84 bits per heavy atom. The van der Waals surface area contributed by atoms with Crippen LogP contribution in [0, 0.1) is 0 Å². The van der Waals surface area contributed by atoms with Gasteiger partial charge in [0.2, 0.25) is 0 Å². The van der Waals surface area contributed by atoms with Crippen LogP contribution in [-0.4, -0.2) is 5.91 Å². The molecule has 0 aromatic heterocycles. The third kappa shape index (κ3) is 2.32. The highest BCUT2D eigenvalue weighted by Gasteiger charge is 2.13. The summed E-state index contributed by atoms with van der Waals surface area (Å²) in [6, 6.07) is 13.2. The molecule has 0 atom stereocenters. The Morgan fingerprint density at radius 1 is 1.05 bits per heavy atom. The number of fused-ring (bicyclic) bond motifs is 1. The van der Waals surface area contributed by atoms with Crippen LogP contribution in [0.3, 0.4) is 0 Å². The van der Waals surface area contributed by atoms with E-state index in [1.54, 1.807) is 12.1 Å². The molecule has 0 saturated heterocycles. The van der Waals surface area contributed by atoms with Gasteiger partial charge in [-0.05, 0) is 54.7 Å². The Balaban J connectivity index is 1.82. The number of amides is 1. The zero-order chi connectivity index (χ0) is 13.2. The minimum atomic E-state index is -0.156. The van der Waals surface area contributed by atoms with E-state index in [0.29, 0.717) is 11.3 Å². The molecule has 0 aliphatic heterocycles. The molecule has 0 radical (unpaired) electrons. The van der Waals surface area contributed by atoms with Crippen molar-refractivity contribution in [1.29, 1.82) is 0 Å². The smallest absolute Gasteiger partial charge is 0.257 e. The molecule has 0 bridgehead atoms. The van der Waals surface area contributed by atoms with Crippen LogP contribution in [-0.2, 0) is 12.8 Å². The zero-order valence-electron chi connectivity index (χ0n) is 10.6. The lowest BCUT2D eigenvalue weighted by atomic mass is 10.1. The highest BCUT2D eigenvalue weighted by atomic mass is 16.1. The van der Waals surface area contributed by atoms with Crippen molar-refractivity contribution in [1.82, 2.24) is 0 Å². The predicted octanol–water partition coefficient (Wildman–Crippen LogP) is 3.01. The van der Waals surface area contributed by atoms with Crippen LogP contribution in [0.5, 0.6) is 0 Å². The fourth-order valence-electron chi connectivity index (χ4n) is 2.55. The number of nitrogens with one attached hydrogen (secondary N) is 1. The Kier molecular flexibility index (Phi) is 2.95. The second-order valence-electron chi connectivity index (χ2n) is 4.88. The number of para-hydroxylation sites is 1. The van der Waals surface area contributed by atoms with Crippen LogP contribution in [0.15, 0.2) is 42.5 Å². The summed E-state index contributed by atoms with van der Waals surface area (Å²) in [6.07, 6.45) is 3.46. The fourth-order valence-corrected chi connectivity index (χ4v) is 2.55. The van der Waals surface area contributed by atoms with Gasteiger partial charge in [0.15, 0.2) is 0 Å². The van der Waals surface area contributed by atoms with Gasteiger partial charge < -0.3 is 11.1 Å². The molecule has 0 heterocycles. The van der Waals surface area contributed by atoms with E-state index < -0.39 is 0 Å². The lowest BCUT2D eigenvalue weighted by Crippen LogP contribution is -2.14. The average Bonchev–Trinajstić information content (AvgIpc) is 2.86. The molecule has 3 N–H and O–H groups in total. The summed E-state index contributed by atoms with van der Waals surface area (Å²) in [5, 5.41) is 2.91. The number of aryl methyl sites for hydroxylation is 2. The molecule has 0 fully saturated rings. The molecule has 0 saturated carbocycles. The number of nitrogens with two attached hydrogens (primary N) is 1.